The molecule has 0 aliphatic rings. The molecule has 0 saturated heterocycles. The van der Waals surface area contributed by atoms with Crippen molar-refractivity contribution in [2.24, 2.45) is 0 Å². The van der Waals surface area contributed by atoms with Crippen molar-refractivity contribution in [2.75, 3.05) is 12.4 Å². The fourth-order valence-corrected chi connectivity index (χ4v) is 4.11. The minimum atomic E-state index is -4.73. The third-order valence-corrected chi connectivity index (χ3v) is 5.63. The van der Waals surface area contributed by atoms with Gasteiger partial charge in [0, 0.05) is 44.8 Å². The molecule has 1 atom stereocenters. The molecule has 7 nitrogen and oxygen atoms in total. The molecular weight excluding hydrogens is 445 g/mol. The molecule has 0 radical (unpaired) electrons. The Morgan fingerprint density at radius 2 is 1.94 bits per heavy atom. The molecule has 3 rings (SSSR count). The summed E-state index contributed by atoms with van der Waals surface area (Å²) in [5, 5.41) is 2.89. The Morgan fingerprint density at radius 3 is 2.56 bits per heavy atom. The predicted octanol–water partition coefficient (Wildman–Crippen LogP) is 4.43. The Balaban J connectivity index is 1.89. The first-order chi connectivity index (χ1) is 15.0. The molecule has 0 aliphatic carbocycles. The molecule has 3 heterocycles. The van der Waals surface area contributed by atoms with Gasteiger partial charge in [0.1, 0.15) is 21.9 Å². The van der Waals surface area contributed by atoms with E-state index in [1.165, 1.54) is 11.3 Å². The van der Waals surface area contributed by atoms with Crippen molar-refractivity contribution in [1.82, 2.24) is 15.0 Å². The number of amides is 1. The summed E-state index contributed by atoms with van der Waals surface area (Å²) in [6.45, 7) is 4.78. The minimum Gasteiger partial charge on any atom is -0.377 e. The number of carbonyl (C=O) groups is 2. The SMILES string of the molecule is CO[C@@H](C)c1c(CC(=O)Cc2cnc(NC(C)=O)c(C(F)(F)F)c2)cnc2sc(C)nc12. The van der Waals surface area contributed by atoms with Crippen LogP contribution in [0.4, 0.5) is 19.0 Å². The Labute approximate surface area is 186 Å². The van der Waals surface area contributed by atoms with Crippen molar-refractivity contribution in [3.05, 3.63) is 45.7 Å². The second-order valence-electron chi connectivity index (χ2n) is 7.27. The average Bonchev–Trinajstić information content (AvgIpc) is 3.07. The number of nitrogens with one attached hydrogen (secondary N) is 1. The molecule has 3 aromatic heterocycles. The third kappa shape index (κ3) is 5.28. The molecule has 1 N–H and O–H groups in total. The number of alkyl halides is 3. The number of ketones is 1. The van der Waals surface area contributed by atoms with Crippen LogP contribution in [-0.4, -0.2) is 33.8 Å². The van der Waals surface area contributed by atoms with Crippen molar-refractivity contribution in [3.8, 4) is 0 Å². The minimum absolute atomic E-state index is 0.0443. The largest absolute Gasteiger partial charge is 0.419 e. The summed E-state index contributed by atoms with van der Waals surface area (Å²) in [4.78, 5) is 37.2. The van der Waals surface area contributed by atoms with E-state index in [4.69, 9.17) is 4.74 Å². The lowest BCUT2D eigenvalue weighted by Crippen LogP contribution is -2.17. The molecule has 1 amide bonds. The molecule has 0 fully saturated rings. The molecule has 0 aliphatic heterocycles. The van der Waals surface area contributed by atoms with E-state index in [2.05, 4.69) is 20.3 Å². The number of fused-ring (bicyclic) bond motifs is 1. The number of nitrogens with zero attached hydrogens (tertiary/aromatic N) is 3. The van der Waals surface area contributed by atoms with E-state index >= 15 is 0 Å². The number of thiazole rings is 1. The zero-order valence-electron chi connectivity index (χ0n) is 17.8. The Bertz CT molecular complexity index is 1180. The van der Waals surface area contributed by atoms with Crippen molar-refractivity contribution >= 4 is 39.2 Å². The van der Waals surface area contributed by atoms with Gasteiger partial charge in [-0.1, -0.05) is 11.3 Å². The first-order valence-electron chi connectivity index (χ1n) is 9.62. The van der Waals surface area contributed by atoms with E-state index in [1.54, 1.807) is 13.3 Å². The van der Waals surface area contributed by atoms with Crippen LogP contribution in [-0.2, 0) is 33.3 Å². The topological polar surface area (TPSA) is 94.1 Å². The number of carbonyl (C=O) groups excluding carboxylic acids is 2. The second-order valence-corrected chi connectivity index (χ2v) is 8.45. The predicted molar refractivity (Wildman–Crippen MR) is 114 cm³/mol. The molecular formula is C21H21F3N4O3S. The normalized spacial score (nSPS) is 12.7. The van der Waals surface area contributed by atoms with E-state index in [9.17, 15) is 22.8 Å². The van der Waals surface area contributed by atoms with E-state index in [1.807, 2.05) is 13.8 Å². The number of ether oxygens (including phenoxy) is 1. The maximum Gasteiger partial charge on any atom is 0.419 e. The Hall–Kier alpha value is -2.92. The number of halogens is 3. The van der Waals surface area contributed by atoms with E-state index < -0.39 is 23.5 Å². The number of Topliss-reactive ketones (excluding diaryl/α,β-unsaturated/α-hetero) is 1. The van der Waals surface area contributed by atoms with Gasteiger partial charge in [-0.05, 0) is 31.0 Å². The lowest BCUT2D eigenvalue weighted by atomic mass is 9.97. The van der Waals surface area contributed by atoms with Gasteiger partial charge in [-0.25, -0.2) is 15.0 Å². The molecule has 32 heavy (non-hydrogen) atoms. The summed E-state index contributed by atoms with van der Waals surface area (Å²) in [5.74, 6) is -1.58. The molecule has 0 aromatic carbocycles. The maximum absolute atomic E-state index is 13.4. The number of hydrogen-bond acceptors (Lipinski definition) is 7. The molecule has 170 valence electrons. The molecule has 3 aromatic rings. The van der Waals surface area contributed by atoms with Crippen molar-refractivity contribution < 1.29 is 27.5 Å². The number of anilines is 1. The van der Waals surface area contributed by atoms with Gasteiger partial charge in [-0.2, -0.15) is 13.2 Å². The number of rotatable bonds is 7. The number of methoxy groups -OCH3 is 1. The van der Waals surface area contributed by atoms with Gasteiger partial charge in [0.2, 0.25) is 5.91 Å². The summed E-state index contributed by atoms with van der Waals surface area (Å²) in [6.07, 6.45) is -2.64. The van der Waals surface area contributed by atoms with Gasteiger partial charge in [0.15, 0.2) is 0 Å². The van der Waals surface area contributed by atoms with Crippen molar-refractivity contribution in [1.29, 1.82) is 0 Å². The highest BCUT2D eigenvalue weighted by Gasteiger charge is 2.35. The molecule has 0 saturated carbocycles. The average molecular weight is 466 g/mol. The Kier molecular flexibility index (Phi) is 6.89. The van der Waals surface area contributed by atoms with E-state index in [0.717, 1.165) is 34.6 Å². The summed E-state index contributed by atoms with van der Waals surface area (Å²) < 4.78 is 45.6. The van der Waals surface area contributed by atoms with E-state index in [-0.39, 0.29) is 30.3 Å². The Morgan fingerprint density at radius 1 is 1.22 bits per heavy atom. The number of hydrogen-bond donors (Lipinski definition) is 1. The lowest BCUT2D eigenvalue weighted by molar-refractivity contribution is -0.137. The summed E-state index contributed by atoms with van der Waals surface area (Å²) in [5.41, 5.74) is 1.00. The van der Waals surface area contributed by atoms with Gasteiger partial charge in [-0.15, -0.1) is 0 Å². The molecule has 0 bridgehead atoms. The van der Waals surface area contributed by atoms with Crippen molar-refractivity contribution in [3.63, 3.8) is 0 Å². The zero-order valence-corrected chi connectivity index (χ0v) is 18.6. The monoisotopic (exact) mass is 466 g/mol. The van der Waals surface area contributed by atoms with Gasteiger partial charge in [-0.3, -0.25) is 9.59 Å². The van der Waals surface area contributed by atoms with Crippen LogP contribution >= 0.6 is 11.3 Å². The molecule has 0 unspecified atom stereocenters. The number of aromatic nitrogens is 3. The summed E-state index contributed by atoms with van der Waals surface area (Å²) in [6, 6.07) is 0.833. The van der Waals surface area contributed by atoms with Crippen LogP contribution in [0.5, 0.6) is 0 Å². The van der Waals surface area contributed by atoms with Crippen molar-refractivity contribution in [2.45, 2.75) is 45.9 Å². The zero-order chi connectivity index (χ0) is 23.6. The first-order valence-corrected chi connectivity index (χ1v) is 10.4. The summed E-state index contributed by atoms with van der Waals surface area (Å²) in [7, 11) is 1.54. The quantitative estimate of drug-likeness (QED) is 0.554. The van der Waals surface area contributed by atoms with Gasteiger partial charge in [0.05, 0.1) is 16.7 Å². The van der Waals surface area contributed by atoms with Crippen LogP contribution < -0.4 is 5.32 Å². The fourth-order valence-electron chi connectivity index (χ4n) is 3.34. The molecule has 0 spiro atoms. The number of pyridine rings is 2. The van der Waals surface area contributed by atoms with Crippen LogP contribution in [0.2, 0.25) is 0 Å². The maximum atomic E-state index is 13.4. The first kappa shape index (κ1) is 23.7. The molecule has 11 heteroatoms. The highest BCUT2D eigenvalue weighted by Crippen LogP contribution is 2.35. The second kappa shape index (κ2) is 9.29. The fraction of sp³-hybridized carbons (Fsp3) is 0.381. The van der Waals surface area contributed by atoms with Crippen LogP contribution in [0, 0.1) is 6.92 Å². The summed E-state index contributed by atoms with van der Waals surface area (Å²) >= 11 is 1.43. The van der Waals surface area contributed by atoms with Crippen LogP contribution in [0.1, 0.15) is 47.2 Å². The highest BCUT2D eigenvalue weighted by molar-refractivity contribution is 7.18. The van der Waals surface area contributed by atoms with E-state index in [0.29, 0.717) is 11.1 Å². The van der Waals surface area contributed by atoms with Crippen LogP contribution in [0.25, 0.3) is 10.3 Å². The van der Waals surface area contributed by atoms with Gasteiger partial charge >= 0.3 is 6.18 Å². The number of aryl methyl sites for hydroxylation is 1. The van der Waals surface area contributed by atoms with Gasteiger partial charge < -0.3 is 10.1 Å². The lowest BCUT2D eigenvalue weighted by Gasteiger charge is -2.16. The highest BCUT2D eigenvalue weighted by atomic mass is 32.1. The standard InChI is InChI=1S/C21H21F3N4O3S/c1-10(31-4)17-14(9-26-20-18(17)28-12(3)32-20)7-15(30)5-13-6-16(21(22,23)24)19(25-8-13)27-11(2)29/h6,8-10H,5,7H2,1-4H3,(H,25,27,29)/t10-/m0/s1. The smallest absolute Gasteiger partial charge is 0.377 e. The van der Waals surface area contributed by atoms with Crippen LogP contribution in [0.3, 0.4) is 0 Å². The van der Waals surface area contributed by atoms with Crippen LogP contribution in [0.15, 0.2) is 18.5 Å². The van der Waals surface area contributed by atoms with Gasteiger partial charge in [0.25, 0.3) is 0 Å². The third-order valence-electron chi connectivity index (χ3n) is 4.75.